The summed E-state index contributed by atoms with van der Waals surface area (Å²) < 4.78 is 10.9. The van der Waals surface area contributed by atoms with Crippen molar-refractivity contribution in [2.45, 2.75) is 26.3 Å². The molecule has 0 aliphatic heterocycles. The molecule has 0 bridgehead atoms. The van der Waals surface area contributed by atoms with Gasteiger partial charge in [0.25, 0.3) is 0 Å². The highest BCUT2D eigenvalue weighted by Gasteiger charge is 2.24. The van der Waals surface area contributed by atoms with Crippen LogP contribution in [0.5, 0.6) is 5.75 Å². The molecule has 0 unspecified atom stereocenters. The summed E-state index contributed by atoms with van der Waals surface area (Å²) in [4.78, 5) is 0. The van der Waals surface area contributed by atoms with Crippen molar-refractivity contribution in [3.05, 3.63) is 35.0 Å². The number of aromatic nitrogens is 1. The fourth-order valence-electron chi connectivity index (χ4n) is 2.57. The van der Waals surface area contributed by atoms with Crippen LogP contribution in [0.4, 0.5) is 0 Å². The van der Waals surface area contributed by atoms with E-state index in [9.17, 15) is 0 Å². The second-order valence-electron chi connectivity index (χ2n) is 4.74. The first-order valence-electron chi connectivity index (χ1n) is 6.69. The molecular weight excluding hydrogens is 240 g/mol. The van der Waals surface area contributed by atoms with Crippen molar-refractivity contribution in [2.24, 2.45) is 0 Å². The van der Waals surface area contributed by atoms with E-state index >= 15 is 0 Å². The molecule has 2 aromatic rings. The van der Waals surface area contributed by atoms with E-state index < -0.39 is 0 Å². The maximum atomic E-state index is 5.56. The molecule has 0 atom stereocenters. The van der Waals surface area contributed by atoms with Gasteiger partial charge in [0.15, 0.2) is 5.76 Å². The predicted octanol–water partition coefficient (Wildman–Crippen LogP) is 2.56. The Kier molecular flexibility index (Phi) is 3.25. The number of nitrogens with zero attached hydrogens (tertiary/aromatic N) is 1. The van der Waals surface area contributed by atoms with Gasteiger partial charge in [-0.05, 0) is 37.1 Å². The Hall–Kier alpha value is -1.81. The molecule has 0 spiro atoms. The van der Waals surface area contributed by atoms with Gasteiger partial charge in [-0.2, -0.15) is 0 Å². The minimum absolute atomic E-state index is 0.772. The summed E-state index contributed by atoms with van der Waals surface area (Å²) in [5.41, 5.74) is 4.70. The Morgan fingerprint density at radius 1 is 1.37 bits per heavy atom. The third-order valence-corrected chi connectivity index (χ3v) is 3.62. The topological polar surface area (TPSA) is 47.3 Å². The second-order valence-corrected chi connectivity index (χ2v) is 4.74. The highest BCUT2D eigenvalue weighted by atomic mass is 16.5. The molecular formula is C15H18N2O2. The Morgan fingerprint density at radius 2 is 2.26 bits per heavy atom. The summed E-state index contributed by atoms with van der Waals surface area (Å²) in [6.45, 7) is 3.80. The van der Waals surface area contributed by atoms with Crippen LogP contribution in [0.25, 0.3) is 11.3 Å². The molecule has 1 N–H and O–H groups in total. The molecule has 4 nitrogen and oxygen atoms in total. The quantitative estimate of drug-likeness (QED) is 0.915. The number of aryl methyl sites for hydroxylation is 1. The fourth-order valence-corrected chi connectivity index (χ4v) is 2.57. The molecule has 4 heteroatoms. The molecule has 0 saturated carbocycles. The molecule has 1 aliphatic carbocycles. The van der Waals surface area contributed by atoms with E-state index in [0.29, 0.717) is 0 Å². The number of hydrogen-bond acceptors (Lipinski definition) is 4. The molecule has 1 aromatic heterocycles. The van der Waals surface area contributed by atoms with Crippen molar-refractivity contribution in [2.75, 3.05) is 13.7 Å². The molecule has 0 amide bonds. The summed E-state index contributed by atoms with van der Waals surface area (Å²) >= 11 is 0. The highest BCUT2D eigenvalue weighted by Crippen LogP contribution is 2.37. The lowest BCUT2D eigenvalue weighted by Gasteiger charge is -2.15. The van der Waals surface area contributed by atoms with E-state index in [-0.39, 0.29) is 0 Å². The van der Waals surface area contributed by atoms with Gasteiger partial charge >= 0.3 is 0 Å². The lowest BCUT2D eigenvalue weighted by Crippen LogP contribution is -2.14. The monoisotopic (exact) mass is 258 g/mol. The van der Waals surface area contributed by atoms with Gasteiger partial charge in [-0.1, -0.05) is 18.1 Å². The third kappa shape index (κ3) is 2.12. The van der Waals surface area contributed by atoms with Gasteiger partial charge in [-0.15, -0.1) is 0 Å². The van der Waals surface area contributed by atoms with E-state index in [1.165, 1.54) is 11.1 Å². The van der Waals surface area contributed by atoms with Crippen LogP contribution in [0.3, 0.4) is 0 Å². The summed E-state index contributed by atoms with van der Waals surface area (Å²) in [5, 5.41) is 7.51. The van der Waals surface area contributed by atoms with Crippen LogP contribution in [0, 0.1) is 0 Å². The number of hydrogen-bond donors (Lipinski definition) is 1. The number of fused-ring (bicyclic) bond motifs is 3. The smallest absolute Gasteiger partial charge is 0.170 e. The molecule has 3 rings (SSSR count). The third-order valence-electron chi connectivity index (χ3n) is 3.62. The maximum Gasteiger partial charge on any atom is 0.170 e. The normalized spacial score (nSPS) is 12.9. The standard InChI is InChI=1S/C15H18N2O2/c1-3-16-9-14-12-7-5-10-4-6-11(18-2)8-13(10)15(12)19-17-14/h4,6,8,16H,3,5,7,9H2,1-2H3. The van der Waals surface area contributed by atoms with Gasteiger partial charge < -0.3 is 14.6 Å². The molecule has 1 heterocycles. The number of rotatable bonds is 4. The highest BCUT2D eigenvalue weighted by molar-refractivity contribution is 5.70. The summed E-state index contributed by atoms with van der Waals surface area (Å²) in [7, 11) is 1.68. The van der Waals surface area contributed by atoms with E-state index in [1.54, 1.807) is 7.11 Å². The van der Waals surface area contributed by atoms with Gasteiger partial charge in [0, 0.05) is 17.7 Å². The summed E-state index contributed by atoms with van der Waals surface area (Å²) in [6, 6.07) is 6.15. The van der Waals surface area contributed by atoms with Gasteiger partial charge in [0.2, 0.25) is 0 Å². The van der Waals surface area contributed by atoms with Crippen molar-refractivity contribution in [3.63, 3.8) is 0 Å². The molecule has 0 saturated heterocycles. The van der Waals surface area contributed by atoms with Gasteiger partial charge in [0.1, 0.15) is 11.4 Å². The maximum absolute atomic E-state index is 5.56. The Labute approximate surface area is 112 Å². The Morgan fingerprint density at radius 3 is 3.05 bits per heavy atom. The van der Waals surface area contributed by atoms with Crippen molar-refractivity contribution >= 4 is 0 Å². The predicted molar refractivity (Wildman–Crippen MR) is 73.3 cm³/mol. The van der Waals surface area contributed by atoms with Crippen LogP contribution >= 0.6 is 0 Å². The number of benzene rings is 1. The van der Waals surface area contributed by atoms with Crippen molar-refractivity contribution in [1.29, 1.82) is 0 Å². The van der Waals surface area contributed by atoms with Crippen LogP contribution in [0.1, 0.15) is 23.7 Å². The molecule has 1 aromatic carbocycles. The largest absolute Gasteiger partial charge is 0.497 e. The zero-order valence-corrected chi connectivity index (χ0v) is 11.3. The first kappa shape index (κ1) is 12.2. The van der Waals surface area contributed by atoms with Crippen LogP contribution < -0.4 is 10.1 Å². The molecule has 19 heavy (non-hydrogen) atoms. The van der Waals surface area contributed by atoms with E-state index in [0.717, 1.165) is 48.7 Å². The summed E-state index contributed by atoms with van der Waals surface area (Å²) in [5.74, 6) is 1.77. The number of ether oxygens (including phenoxy) is 1. The second kappa shape index (κ2) is 5.05. The SMILES string of the molecule is CCNCc1noc2c1CCc1ccc(OC)cc1-2. The summed E-state index contributed by atoms with van der Waals surface area (Å²) in [6.07, 6.45) is 2.03. The average molecular weight is 258 g/mol. The average Bonchev–Trinajstić information content (AvgIpc) is 2.88. The van der Waals surface area contributed by atoms with Crippen LogP contribution in [0.15, 0.2) is 22.7 Å². The van der Waals surface area contributed by atoms with Gasteiger partial charge in [-0.3, -0.25) is 0 Å². The number of nitrogens with one attached hydrogen (secondary N) is 1. The zero-order chi connectivity index (χ0) is 13.2. The van der Waals surface area contributed by atoms with Crippen LogP contribution in [-0.4, -0.2) is 18.8 Å². The molecule has 0 fully saturated rings. The first-order valence-corrected chi connectivity index (χ1v) is 6.69. The minimum atomic E-state index is 0.772. The van der Waals surface area contributed by atoms with Crippen molar-refractivity contribution in [1.82, 2.24) is 10.5 Å². The van der Waals surface area contributed by atoms with Crippen LogP contribution in [-0.2, 0) is 19.4 Å². The molecule has 1 aliphatic rings. The Balaban J connectivity index is 2.01. The van der Waals surface area contributed by atoms with E-state index in [4.69, 9.17) is 9.26 Å². The van der Waals surface area contributed by atoms with E-state index in [1.807, 2.05) is 12.1 Å². The van der Waals surface area contributed by atoms with Crippen LogP contribution in [0.2, 0.25) is 0 Å². The molecule has 0 radical (unpaired) electrons. The van der Waals surface area contributed by atoms with E-state index in [2.05, 4.69) is 23.5 Å². The van der Waals surface area contributed by atoms with Crippen molar-refractivity contribution < 1.29 is 9.26 Å². The fraction of sp³-hybridized carbons (Fsp3) is 0.400. The number of methoxy groups -OCH3 is 1. The lowest BCUT2D eigenvalue weighted by molar-refractivity contribution is 0.411. The Bertz CT molecular complexity index is 590. The minimum Gasteiger partial charge on any atom is -0.497 e. The lowest BCUT2D eigenvalue weighted by atomic mass is 9.89. The zero-order valence-electron chi connectivity index (χ0n) is 11.3. The molecule has 100 valence electrons. The van der Waals surface area contributed by atoms with Crippen molar-refractivity contribution in [3.8, 4) is 17.1 Å². The first-order chi connectivity index (χ1) is 9.33. The van der Waals surface area contributed by atoms with Gasteiger partial charge in [0.05, 0.1) is 7.11 Å². The van der Waals surface area contributed by atoms with Gasteiger partial charge in [-0.25, -0.2) is 0 Å².